The lowest BCUT2D eigenvalue weighted by atomic mass is 10.0. The van der Waals surface area contributed by atoms with Gasteiger partial charge in [-0.3, -0.25) is 15.0 Å². The van der Waals surface area contributed by atoms with Gasteiger partial charge in [0.2, 0.25) is 0 Å². The number of furan rings is 1. The summed E-state index contributed by atoms with van der Waals surface area (Å²) in [4.78, 5) is 25.5. The van der Waals surface area contributed by atoms with Crippen LogP contribution in [0.25, 0.3) is 11.0 Å². The van der Waals surface area contributed by atoms with E-state index in [2.05, 4.69) is 10.7 Å². The zero-order valence-corrected chi connectivity index (χ0v) is 16.5. The third kappa shape index (κ3) is 5.33. The van der Waals surface area contributed by atoms with Crippen LogP contribution in [0.1, 0.15) is 50.1 Å². The van der Waals surface area contributed by atoms with Crippen molar-refractivity contribution in [1.29, 1.82) is 0 Å². The summed E-state index contributed by atoms with van der Waals surface area (Å²) < 4.78 is 5.61. The molecule has 2 amide bonds. The van der Waals surface area contributed by atoms with Crippen molar-refractivity contribution >= 4 is 22.8 Å². The van der Waals surface area contributed by atoms with Crippen LogP contribution in [-0.2, 0) is 4.79 Å². The van der Waals surface area contributed by atoms with E-state index in [-0.39, 0.29) is 17.6 Å². The molecular formula is C21H29N3O4. The number of nitrogens with zero attached hydrogens (tertiary/aromatic N) is 1. The molecule has 28 heavy (non-hydrogen) atoms. The van der Waals surface area contributed by atoms with Crippen LogP contribution in [0.15, 0.2) is 34.7 Å². The summed E-state index contributed by atoms with van der Waals surface area (Å²) in [5, 5.41) is 15.3. The molecule has 1 aromatic heterocycles. The van der Waals surface area contributed by atoms with Gasteiger partial charge >= 0.3 is 0 Å². The number of para-hydroxylation sites is 1. The first-order chi connectivity index (χ1) is 13.4. The van der Waals surface area contributed by atoms with E-state index >= 15 is 0 Å². The Morgan fingerprint density at radius 2 is 2.07 bits per heavy atom. The van der Waals surface area contributed by atoms with Crippen LogP contribution in [0.4, 0.5) is 0 Å². The number of nitrogens with one attached hydrogen (secondary N) is 2. The minimum atomic E-state index is -0.680. The zero-order chi connectivity index (χ0) is 20.1. The van der Waals surface area contributed by atoms with Crippen LogP contribution < -0.4 is 10.7 Å². The highest BCUT2D eigenvalue weighted by atomic mass is 16.3. The van der Waals surface area contributed by atoms with Gasteiger partial charge in [0.05, 0.1) is 6.10 Å². The Kier molecular flexibility index (Phi) is 6.70. The molecular weight excluding hydrogens is 358 g/mol. The number of aliphatic hydroxyl groups is 1. The summed E-state index contributed by atoms with van der Waals surface area (Å²) in [6, 6.07) is 8.40. The molecule has 0 radical (unpaired) electrons. The molecule has 1 aliphatic heterocycles. The van der Waals surface area contributed by atoms with Gasteiger partial charge in [0.25, 0.3) is 11.8 Å². The van der Waals surface area contributed by atoms with Crippen molar-refractivity contribution in [2.45, 2.75) is 51.7 Å². The van der Waals surface area contributed by atoms with Gasteiger partial charge in [0.15, 0.2) is 5.76 Å². The number of rotatable bonds is 6. The average Bonchev–Trinajstić information content (AvgIpc) is 2.98. The number of amides is 2. The van der Waals surface area contributed by atoms with Gasteiger partial charge in [-0.1, -0.05) is 32.0 Å². The smallest absolute Gasteiger partial charge is 0.287 e. The van der Waals surface area contributed by atoms with Crippen LogP contribution in [0.5, 0.6) is 0 Å². The van der Waals surface area contributed by atoms with Gasteiger partial charge in [-0.2, -0.15) is 0 Å². The van der Waals surface area contributed by atoms with E-state index in [1.165, 1.54) is 0 Å². The maximum absolute atomic E-state index is 12.8. The molecule has 1 aromatic carbocycles. The van der Waals surface area contributed by atoms with E-state index < -0.39 is 18.1 Å². The maximum Gasteiger partial charge on any atom is 0.287 e. The molecule has 0 aliphatic carbocycles. The Labute approximate surface area is 165 Å². The summed E-state index contributed by atoms with van der Waals surface area (Å²) in [7, 11) is 0. The van der Waals surface area contributed by atoms with Gasteiger partial charge in [-0.25, -0.2) is 5.01 Å². The second-order valence-corrected chi connectivity index (χ2v) is 7.88. The average molecular weight is 387 g/mol. The molecule has 1 fully saturated rings. The summed E-state index contributed by atoms with van der Waals surface area (Å²) >= 11 is 0. The first kappa shape index (κ1) is 20.4. The molecule has 2 heterocycles. The van der Waals surface area contributed by atoms with Crippen LogP contribution in [0, 0.1) is 5.92 Å². The van der Waals surface area contributed by atoms with Gasteiger partial charge in [0.1, 0.15) is 11.6 Å². The Balaban J connectivity index is 1.68. The fraction of sp³-hybridized carbons (Fsp3) is 0.524. The number of hydrogen-bond acceptors (Lipinski definition) is 5. The highest BCUT2D eigenvalue weighted by Gasteiger charge is 2.26. The minimum Gasteiger partial charge on any atom is -0.451 e. The van der Waals surface area contributed by atoms with Crippen molar-refractivity contribution in [3.05, 3.63) is 36.1 Å². The number of fused-ring (bicyclic) bond motifs is 1. The van der Waals surface area contributed by atoms with Crippen molar-refractivity contribution < 1.29 is 19.1 Å². The topological polar surface area (TPSA) is 94.8 Å². The molecule has 3 N–H and O–H groups in total. The van der Waals surface area contributed by atoms with E-state index in [0.717, 1.165) is 24.6 Å². The molecule has 1 saturated heterocycles. The predicted octanol–water partition coefficient (Wildman–Crippen LogP) is 2.46. The normalized spacial score (nSPS) is 19.4. The van der Waals surface area contributed by atoms with E-state index in [1.54, 1.807) is 17.1 Å². The Morgan fingerprint density at radius 1 is 1.29 bits per heavy atom. The second kappa shape index (κ2) is 9.21. The Hall–Kier alpha value is -2.38. The van der Waals surface area contributed by atoms with Gasteiger partial charge in [-0.05, 0) is 43.7 Å². The highest BCUT2D eigenvalue weighted by Crippen LogP contribution is 2.19. The standard InChI is InChI=1S/C21H29N3O4/c1-14(2)11-17(20(26)23-24-10-6-5-8-16(25)13-24)22-21(27)19-12-15-7-3-4-9-18(15)28-19/h3-4,7,9,12,14,16-17,25H,5-6,8,10-11,13H2,1-2H3,(H,22,27)(H,23,26)/t16-,17?/m0/s1. The Bertz CT molecular complexity index is 784. The van der Waals surface area contributed by atoms with Gasteiger partial charge < -0.3 is 14.8 Å². The maximum atomic E-state index is 12.8. The van der Waals surface area contributed by atoms with Crippen LogP contribution in [-0.4, -0.2) is 47.2 Å². The number of hydrazine groups is 1. The molecule has 0 saturated carbocycles. The highest BCUT2D eigenvalue weighted by molar-refractivity contribution is 5.98. The first-order valence-electron chi connectivity index (χ1n) is 9.95. The second-order valence-electron chi connectivity index (χ2n) is 7.88. The first-order valence-corrected chi connectivity index (χ1v) is 9.95. The molecule has 0 bridgehead atoms. The third-order valence-corrected chi connectivity index (χ3v) is 4.89. The van der Waals surface area contributed by atoms with Crippen LogP contribution in [0.3, 0.4) is 0 Å². The van der Waals surface area contributed by atoms with Crippen molar-refractivity contribution in [2.75, 3.05) is 13.1 Å². The molecule has 1 unspecified atom stereocenters. The van der Waals surface area contributed by atoms with Crippen LogP contribution in [0.2, 0.25) is 0 Å². The Morgan fingerprint density at radius 3 is 2.82 bits per heavy atom. The van der Waals surface area contributed by atoms with Crippen molar-refractivity contribution in [3.63, 3.8) is 0 Å². The number of aliphatic hydroxyl groups excluding tert-OH is 1. The molecule has 7 nitrogen and oxygen atoms in total. The molecule has 2 atom stereocenters. The van der Waals surface area contributed by atoms with E-state index in [1.807, 2.05) is 32.0 Å². The van der Waals surface area contributed by atoms with Crippen molar-refractivity contribution in [3.8, 4) is 0 Å². The predicted molar refractivity (Wildman–Crippen MR) is 106 cm³/mol. The number of carbonyl (C=O) groups is 2. The summed E-state index contributed by atoms with van der Waals surface area (Å²) in [5.74, 6) is -0.269. The lowest BCUT2D eigenvalue weighted by Gasteiger charge is -2.26. The van der Waals surface area contributed by atoms with Crippen molar-refractivity contribution in [1.82, 2.24) is 15.8 Å². The summed E-state index contributed by atoms with van der Waals surface area (Å²) in [5.41, 5.74) is 3.50. The van der Waals surface area contributed by atoms with Gasteiger partial charge in [-0.15, -0.1) is 0 Å². The van der Waals surface area contributed by atoms with E-state index in [4.69, 9.17) is 4.42 Å². The zero-order valence-electron chi connectivity index (χ0n) is 16.5. The summed E-state index contributed by atoms with van der Waals surface area (Å²) in [6.45, 7) is 5.10. The van der Waals surface area contributed by atoms with Gasteiger partial charge in [0, 0.05) is 18.5 Å². The fourth-order valence-corrected chi connectivity index (χ4v) is 3.48. The number of β-amino-alcohol motifs (C(OH)–C–C–N with tert-alkyl or cyclic N) is 1. The SMILES string of the molecule is CC(C)CC(NC(=O)c1cc2ccccc2o1)C(=O)NN1CCCC[C@H](O)C1. The molecule has 3 rings (SSSR count). The number of benzene rings is 1. The number of hydrogen-bond donors (Lipinski definition) is 3. The monoisotopic (exact) mass is 387 g/mol. The lowest BCUT2D eigenvalue weighted by Crippen LogP contribution is -2.54. The van der Waals surface area contributed by atoms with Crippen LogP contribution >= 0.6 is 0 Å². The van der Waals surface area contributed by atoms with E-state index in [9.17, 15) is 14.7 Å². The molecule has 1 aliphatic rings. The molecule has 0 spiro atoms. The lowest BCUT2D eigenvalue weighted by molar-refractivity contribution is -0.128. The van der Waals surface area contributed by atoms with E-state index in [0.29, 0.717) is 25.1 Å². The minimum absolute atomic E-state index is 0.188. The molecule has 7 heteroatoms. The largest absolute Gasteiger partial charge is 0.451 e. The molecule has 2 aromatic rings. The molecule has 152 valence electrons. The van der Waals surface area contributed by atoms with Crippen molar-refractivity contribution in [2.24, 2.45) is 5.92 Å². The summed E-state index contributed by atoms with van der Waals surface area (Å²) in [6.07, 6.45) is 2.65. The third-order valence-electron chi connectivity index (χ3n) is 4.89. The fourth-order valence-electron chi connectivity index (χ4n) is 3.48. The number of carbonyl (C=O) groups excluding carboxylic acids is 2. The quantitative estimate of drug-likeness (QED) is 0.708.